The van der Waals surface area contributed by atoms with Crippen LogP contribution in [0.1, 0.15) is 31.8 Å². The molecule has 0 radical (unpaired) electrons. The molecule has 0 bridgehead atoms. The summed E-state index contributed by atoms with van der Waals surface area (Å²) in [5, 5.41) is 19.2. The van der Waals surface area contributed by atoms with Crippen molar-refractivity contribution < 1.29 is 29.5 Å². The molecule has 1 aliphatic rings. The van der Waals surface area contributed by atoms with E-state index in [4.69, 9.17) is 5.21 Å². The molecule has 2 aromatic carbocycles. The van der Waals surface area contributed by atoms with Crippen molar-refractivity contribution in [2.75, 3.05) is 0 Å². The van der Waals surface area contributed by atoms with Gasteiger partial charge in [-0.3, -0.25) is 24.5 Å². The highest BCUT2D eigenvalue weighted by atomic mass is 16.5. The van der Waals surface area contributed by atoms with Crippen LogP contribution in [0.5, 0.6) is 0 Å². The van der Waals surface area contributed by atoms with Crippen LogP contribution in [-0.4, -0.2) is 49.9 Å². The summed E-state index contributed by atoms with van der Waals surface area (Å²) in [6.07, 6.45) is 1.46. The van der Waals surface area contributed by atoms with Crippen LogP contribution in [0.4, 0.5) is 0 Å². The Kier molecular flexibility index (Phi) is 4.80. The molecular weight excluding hydrogens is 390 g/mol. The lowest BCUT2D eigenvalue weighted by Crippen LogP contribution is -2.46. The van der Waals surface area contributed by atoms with Gasteiger partial charge in [-0.15, -0.1) is 0 Å². The molecule has 4 rings (SSSR count). The quantitative estimate of drug-likeness (QED) is 0.277. The van der Waals surface area contributed by atoms with Gasteiger partial charge in [0.25, 0.3) is 11.8 Å². The van der Waals surface area contributed by atoms with E-state index in [0.717, 1.165) is 4.90 Å². The molecule has 0 aliphatic carbocycles. The molecule has 0 spiro atoms. The summed E-state index contributed by atoms with van der Waals surface area (Å²) in [5.41, 5.74) is 3.85. The number of carbonyl (C=O) groups excluding carboxylic acids is 3. The van der Waals surface area contributed by atoms with E-state index in [2.05, 4.69) is 4.98 Å². The van der Waals surface area contributed by atoms with Crippen molar-refractivity contribution >= 4 is 34.6 Å². The smallest absolute Gasteiger partial charge is 0.327 e. The zero-order valence-electron chi connectivity index (χ0n) is 15.6. The topological polar surface area (TPSA) is 140 Å². The highest BCUT2D eigenvalue weighted by Gasteiger charge is 2.42. The van der Waals surface area contributed by atoms with Crippen molar-refractivity contribution in [3.05, 3.63) is 70.9 Å². The zero-order valence-corrected chi connectivity index (χ0v) is 15.6. The fourth-order valence-corrected chi connectivity index (χ4v) is 3.72. The molecule has 2 heterocycles. The number of nitrogens with zero attached hydrogens (tertiary/aromatic N) is 1. The Labute approximate surface area is 169 Å². The molecule has 0 fully saturated rings. The number of hydrogen-bond acceptors (Lipinski definition) is 5. The van der Waals surface area contributed by atoms with Gasteiger partial charge in [0, 0.05) is 23.5 Å². The molecule has 1 aromatic heterocycles. The highest BCUT2D eigenvalue weighted by molar-refractivity contribution is 6.22. The maximum Gasteiger partial charge on any atom is 0.327 e. The summed E-state index contributed by atoms with van der Waals surface area (Å²) in [5.74, 6) is -3.15. The molecule has 30 heavy (non-hydrogen) atoms. The second-order valence-electron chi connectivity index (χ2n) is 6.99. The van der Waals surface area contributed by atoms with Gasteiger partial charge in [-0.05, 0) is 35.4 Å². The second kappa shape index (κ2) is 7.45. The number of benzene rings is 2. The van der Waals surface area contributed by atoms with Crippen molar-refractivity contribution in [2.24, 2.45) is 0 Å². The zero-order chi connectivity index (χ0) is 21.4. The molecule has 0 saturated heterocycles. The maximum atomic E-state index is 12.7. The van der Waals surface area contributed by atoms with Crippen LogP contribution in [0.2, 0.25) is 0 Å². The monoisotopic (exact) mass is 407 g/mol. The number of aliphatic carboxylic acids is 1. The van der Waals surface area contributed by atoms with E-state index in [9.17, 15) is 24.3 Å². The van der Waals surface area contributed by atoms with Gasteiger partial charge in [0.15, 0.2) is 0 Å². The van der Waals surface area contributed by atoms with E-state index in [1.165, 1.54) is 12.1 Å². The first kappa shape index (κ1) is 19.3. The summed E-state index contributed by atoms with van der Waals surface area (Å²) in [6, 6.07) is 9.99. The number of carbonyl (C=O) groups is 4. The number of hydrogen-bond donors (Lipinski definition) is 4. The molecular formula is C21H17N3O6. The van der Waals surface area contributed by atoms with Gasteiger partial charge >= 0.3 is 5.97 Å². The maximum absolute atomic E-state index is 12.7. The van der Waals surface area contributed by atoms with Gasteiger partial charge in [-0.25, -0.2) is 10.3 Å². The molecule has 3 aromatic rings. The largest absolute Gasteiger partial charge is 0.480 e. The van der Waals surface area contributed by atoms with E-state index >= 15 is 0 Å². The number of aromatic amines is 1. The SMILES string of the molecule is O=C(Cc1ccc2[nH]cc(C[C@@H](C(=O)O)N3C(=O)c4ccccc4C3=O)c2c1)NO. The number of nitrogens with one attached hydrogen (secondary N) is 2. The van der Waals surface area contributed by atoms with Crippen LogP contribution >= 0.6 is 0 Å². The van der Waals surface area contributed by atoms with Crippen molar-refractivity contribution in [3.63, 3.8) is 0 Å². The average Bonchev–Trinajstić information content (AvgIpc) is 3.25. The Hall–Kier alpha value is -3.98. The molecule has 4 N–H and O–H groups in total. The minimum atomic E-state index is -1.39. The minimum absolute atomic E-state index is 0.0577. The molecule has 9 nitrogen and oxygen atoms in total. The Morgan fingerprint density at radius 1 is 1.07 bits per heavy atom. The fourth-order valence-electron chi connectivity index (χ4n) is 3.72. The fraction of sp³-hybridized carbons (Fsp3) is 0.143. The number of carboxylic acids is 1. The number of amides is 3. The van der Waals surface area contributed by atoms with Crippen LogP contribution < -0.4 is 5.48 Å². The summed E-state index contributed by atoms with van der Waals surface area (Å²) < 4.78 is 0. The molecule has 152 valence electrons. The van der Waals surface area contributed by atoms with E-state index in [0.29, 0.717) is 22.0 Å². The highest BCUT2D eigenvalue weighted by Crippen LogP contribution is 2.28. The van der Waals surface area contributed by atoms with Gasteiger partial charge in [0.1, 0.15) is 6.04 Å². The third-order valence-corrected chi connectivity index (χ3v) is 5.16. The first-order valence-electron chi connectivity index (χ1n) is 9.12. The lowest BCUT2D eigenvalue weighted by atomic mass is 10.0. The number of imide groups is 1. The van der Waals surface area contributed by atoms with Crippen molar-refractivity contribution in [3.8, 4) is 0 Å². The first-order valence-corrected chi connectivity index (χ1v) is 9.12. The van der Waals surface area contributed by atoms with Gasteiger partial charge in [0.2, 0.25) is 5.91 Å². The number of H-pyrrole nitrogens is 1. The number of hydroxylamine groups is 1. The van der Waals surface area contributed by atoms with E-state index in [1.54, 1.807) is 42.0 Å². The second-order valence-corrected chi connectivity index (χ2v) is 6.99. The third-order valence-electron chi connectivity index (χ3n) is 5.16. The molecule has 0 unspecified atom stereocenters. The Bertz CT molecular complexity index is 1160. The van der Waals surface area contributed by atoms with E-state index in [-0.39, 0.29) is 24.0 Å². The van der Waals surface area contributed by atoms with Crippen molar-refractivity contribution in [2.45, 2.75) is 18.9 Å². The van der Waals surface area contributed by atoms with Crippen LogP contribution in [0.3, 0.4) is 0 Å². The number of fused-ring (bicyclic) bond motifs is 2. The van der Waals surface area contributed by atoms with Crippen LogP contribution in [0.15, 0.2) is 48.7 Å². The number of rotatable bonds is 6. The van der Waals surface area contributed by atoms with Gasteiger partial charge in [0.05, 0.1) is 17.5 Å². The number of aromatic nitrogens is 1. The summed E-state index contributed by atoms with van der Waals surface area (Å²) in [7, 11) is 0. The summed E-state index contributed by atoms with van der Waals surface area (Å²) in [4.78, 5) is 52.7. The Morgan fingerprint density at radius 3 is 2.33 bits per heavy atom. The minimum Gasteiger partial charge on any atom is -0.480 e. The Morgan fingerprint density at radius 2 is 1.73 bits per heavy atom. The molecule has 1 atom stereocenters. The normalized spacial score (nSPS) is 14.1. The summed E-state index contributed by atoms with van der Waals surface area (Å²) in [6.45, 7) is 0. The average molecular weight is 407 g/mol. The molecule has 0 saturated carbocycles. The molecule has 1 aliphatic heterocycles. The third kappa shape index (κ3) is 3.20. The molecule has 9 heteroatoms. The Balaban J connectivity index is 1.68. The summed E-state index contributed by atoms with van der Waals surface area (Å²) >= 11 is 0. The number of carboxylic acid groups (broad SMARTS) is 1. The van der Waals surface area contributed by atoms with Gasteiger partial charge < -0.3 is 10.1 Å². The van der Waals surface area contributed by atoms with E-state index in [1.807, 2.05) is 0 Å². The van der Waals surface area contributed by atoms with E-state index < -0.39 is 29.7 Å². The van der Waals surface area contributed by atoms with Crippen LogP contribution in [0.25, 0.3) is 10.9 Å². The lowest BCUT2D eigenvalue weighted by Gasteiger charge is -2.22. The van der Waals surface area contributed by atoms with Crippen molar-refractivity contribution in [1.82, 2.24) is 15.4 Å². The van der Waals surface area contributed by atoms with Gasteiger partial charge in [-0.2, -0.15) is 0 Å². The first-order chi connectivity index (χ1) is 14.4. The van der Waals surface area contributed by atoms with Crippen molar-refractivity contribution in [1.29, 1.82) is 0 Å². The standard InChI is InChI=1S/C21H17N3O6/c25-18(23-30)8-11-5-6-16-15(7-11)12(10-22-16)9-17(21(28)29)24-19(26)13-3-1-2-4-14(13)20(24)27/h1-7,10,17,22,30H,8-9H2,(H,23,25)(H,28,29)/t17-/m0/s1. The molecule has 3 amide bonds. The predicted molar refractivity (Wildman–Crippen MR) is 104 cm³/mol. The van der Waals surface area contributed by atoms with Crippen LogP contribution in [-0.2, 0) is 22.4 Å². The van der Waals surface area contributed by atoms with Gasteiger partial charge in [-0.1, -0.05) is 18.2 Å². The van der Waals surface area contributed by atoms with Crippen LogP contribution in [0, 0.1) is 0 Å². The predicted octanol–water partition coefficient (Wildman–Crippen LogP) is 1.51. The lowest BCUT2D eigenvalue weighted by molar-refractivity contribution is -0.141.